The molecule has 0 fully saturated rings. The Bertz CT molecular complexity index is 273. The lowest BCUT2D eigenvalue weighted by molar-refractivity contribution is 0.119. The fraction of sp³-hybridized carbons (Fsp3) is 0.667. The molecule has 1 atom stereocenters. The summed E-state index contributed by atoms with van der Waals surface area (Å²) in [6.07, 6.45) is 1.01. The number of hydrogen-bond acceptors (Lipinski definition) is 4. The zero-order chi connectivity index (χ0) is 9.84. The van der Waals surface area contributed by atoms with Crippen molar-refractivity contribution in [2.75, 3.05) is 13.7 Å². The molecule has 0 aliphatic heterocycles. The second kappa shape index (κ2) is 4.69. The van der Waals surface area contributed by atoms with Crippen LogP contribution in [0.15, 0.2) is 0 Å². The third-order valence-corrected chi connectivity index (χ3v) is 3.36. The van der Waals surface area contributed by atoms with Crippen LogP contribution >= 0.6 is 11.3 Å². The topological polar surface area (TPSA) is 48.1 Å². The van der Waals surface area contributed by atoms with E-state index in [9.17, 15) is 0 Å². The molecule has 13 heavy (non-hydrogen) atoms. The van der Waals surface area contributed by atoms with Gasteiger partial charge in [0.05, 0.1) is 5.69 Å². The highest BCUT2D eigenvalue weighted by Gasteiger charge is 2.11. The van der Waals surface area contributed by atoms with Crippen molar-refractivity contribution in [1.82, 2.24) is 4.98 Å². The summed E-state index contributed by atoms with van der Waals surface area (Å²) in [6, 6.07) is 0. The molecule has 1 heterocycles. The van der Waals surface area contributed by atoms with Gasteiger partial charge in [0.25, 0.3) is 0 Å². The Labute approximate surface area is 82.9 Å². The van der Waals surface area contributed by atoms with E-state index in [2.05, 4.69) is 4.98 Å². The quantitative estimate of drug-likeness (QED) is 0.804. The fourth-order valence-corrected chi connectivity index (χ4v) is 2.20. The first-order chi connectivity index (χ1) is 6.19. The van der Waals surface area contributed by atoms with Crippen LogP contribution in [0.5, 0.6) is 0 Å². The number of nitrogens with two attached hydrogens (primary N) is 1. The van der Waals surface area contributed by atoms with Crippen molar-refractivity contribution in [2.45, 2.75) is 26.4 Å². The van der Waals surface area contributed by atoms with Crippen LogP contribution in [0.25, 0.3) is 0 Å². The van der Waals surface area contributed by atoms with Gasteiger partial charge in [0, 0.05) is 12.0 Å². The molecule has 0 saturated heterocycles. The maximum Gasteiger partial charge on any atom is 0.122 e. The summed E-state index contributed by atoms with van der Waals surface area (Å²) in [7, 11) is 1.70. The van der Waals surface area contributed by atoms with Crippen molar-refractivity contribution >= 4 is 11.3 Å². The molecule has 0 saturated carbocycles. The van der Waals surface area contributed by atoms with Gasteiger partial charge in [-0.2, -0.15) is 0 Å². The highest BCUT2D eigenvalue weighted by atomic mass is 32.1. The number of ether oxygens (including phenoxy) is 1. The van der Waals surface area contributed by atoms with Gasteiger partial charge in [-0.1, -0.05) is 0 Å². The van der Waals surface area contributed by atoms with Gasteiger partial charge in [-0.3, -0.25) is 0 Å². The van der Waals surface area contributed by atoms with Crippen LogP contribution in [0.4, 0.5) is 0 Å². The molecule has 0 aliphatic rings. The molecule has 3 nitrogen and oxygen atoms in total. The first kappa shape index (κ1) is 10.6. The Morgan fingerprint density at radius 3 is 2.85 bits per heavy atom. The molecule has 0 aromatic carbocycles. The normalized spacial score (nSPS) is 13.2. The number of aromatic nitrogens is 1. The van der Waals surface area contributed by atoms with E-state index in [0.29, 0.717) is 6.54 Å². The molecule has 1 rings (SSSR count). The van der Waals surface area contributed by atoms with E-state index in [1.165, 1.54) is 4.88 Å². The lowest BCUT2D eigenvalue weighted by Crippen LogP contribution is -2.01. The molecular weight excluding hydrogens is 184 g/mol. The molecule has 4 heteroatoms. The van der Waals surface area contributed by atoms with Gasteiger partial charge in [0.1, 0.15) is 11.1 Å². The zero-order valence-corrected chi connectivity index (χ0v) is 9.15. The molecule has 74 valence electrons. The largest absolute Gasteiger partial charge is 0.375 e. The number of thiazole rings is 1. The molecule has 0 radical (unpaired) electrons. The summed E-state index contributed by atoms with van der Waals surface area (Å²) in [5.41, 5.74) is 6.59. The van der Waals surface area contributed by atoms with Crippen LogP contribution in [0.1, 0.15) is 28.6 Å². The Morgan fingerprint density at radius 1 is 1.62 bits per heavy atom. The van der Waals surface area contributed by atoms with E-state index in [0.717, 1.165) is 17.1 Å². The number of hydrogen-bond donors (Lipinski definition) is 1. The fourth-order valence-electron chi connectivity index (χ4n) is 1.09. The number of rotatable bonds is 4. The Balaban J connectivity index is 2.81. The van der Waals surface area contributed by atoms with Crippen LogP contribution in [0.2, 0.25) is 0 Å². The SMILES string of the molecule is COC(C)c1nc(C)c(CCN)s1. The lowest BCUT2D eigenvalue weighted by Gasteiger charge is -2.03. The van der Waals surface area contributed by atoms with Crippen molar-refractivity contribution in [3.05, 3.63) is 15.6 Å². The average Bonchev–Trinajstić information content (AvgIpc) is 2.47. The second-order valence-corrected chi connectivity index (χ2v) is 4.09. The van der Waals surface area contributed by atoms with Gasteiger partial charge < -0.3 is 10.5 Å². The summed E-state index contributed by atoms with van der Waals surface area (Å²) in [4.78, 5) is 5.72. The number of nitrogens with zero attached hydrogens (tertiary/aromatic N) is 1. The van der Waals surface area contributed by atoms with Crippen molar-refractivity contribution in [2.24, 2.45) is 5.73 Å². The third-order valence-electron chi connectivity index (χ3n) is 1.98. The standard InChI is InChI=1S/C9H16N2OS/c1-6-8(4-5-10)13-9(11-6)7(2)12-3/h7H,4-5,10H2,1-3H3. The predicted molar refractivity (Wildman–Crippen MR) is 55.0 cm³/mol. The van der Waals surface area contributed by atoms with Gasteiger partial charge in [-0.05, 0) is 26.8 Å². The van der Waals surface area contributed by atoms with E-state index < -0.39 is 0 Å². The summed E-state index contributed by atoms with van der Waals surface area (Å²) in [6.45, 7) is 4.71. The maximum atomic E-state index is 5.49. The van der Waals surface area contributed by atoms with Crippen LogP contribution in [0.3, 0.4) is 0 Å². The Morgan fingerprint density at radius 2 is 2.31 bits per heavy atom. The smallest absolute Gasteiger partial charge is 0.122 e. The first-order valence-electron chi connectivity index (χ1n) is 4.38. The van der Waals surface area contributed by atoms with Crippen molar-refractivity contribution in [1.29, 1.82) is 0 Å². The first-order valence-corrected chi connectivity index (χ1v) is 5.19. The van der Waals surface area contributed by atoms with Gasteiger partial charge in [-0.15, -0.1) is 11.3 Å². The monoisotopic (exact) mass is 200 g/mol. The van der Waals surface area contributed by atoms with Crippen LogP contribution in [-0.4, -0.2) is 18.6 Å². The molecule has 1 unspecified atom stereocenters. The van der Waals surface area contributed by atoms with E-state index >= 15 is 0 Å². The molecule has 2 N–H and O–H groups in total. The summed E-state index contributed by atoms with van der Waals surface area (Å²) in [5, 5.41) is 1.04. The summed E-state index contributed by atoms with van der Waals surface area (Å²) in [5.74, 6) is 0. The Hall–Kier alpha value is -0.450. The minimum atomic E-state index is 0.0928. The van der Waals surface area contributed by atoms with Crippen LogP contribution in [0, 0.1) is 6.92 Å². The zero-order valence-electron chi connectivity index (χ0n) is 8.33. The van der Waals surface area contributed by atoms with Gasteiger partial charge in [0.2, 0.25) is 0 Å². The van der Waals surface area contributed by atoms with Crippen molar-refractivity contribution in [3.8, 4) is 0 Å². The Kier molecular flexibility index (Phi) is 3.84. The number of aryl methyl sites for hydroxylation is 1. The van der Waals surface area contributed by atoms with Crippen LogP contribution < -0.4 is 5.73 Å². The maximum absolute atomic E-state index is 5.49. The molecule has 1 aromatic heterocycles. The number of methoxy groups -OCH3 is 1. The minimum Gasteiger partial charge on any atom is -0.375 e. The molecular formula is C9H16N2OS. The van der Waals surface area contributed by atoms with Crippen LogP contribution in [-0.2, 0) is 11.2 Å². The predicted octanol–water partition coefficient (Wildman–Crippen LogP) is 1.66. The lowest BCUT2D eigenvalue weighted by atomic mass is 10.3. The minimum absolute atomic E-state index is 0.0928. The third kappa shape index (κ3) is 2.49. The molecule has 1 aromatic rings. The van der Waals surface area contributed by atoms with E-state index in [1.807, 2.05) is 13.8 Å². The van der Waals surface area contributed by atoms with Gasteiger partial charge in [-0.25, -0.2) is 4.98 Å². The van der Waals surface area contributed by atoms with E-state index in [4.69, 9.17) is 10.5 Å². The van der Waals surface area contributed by atoms with Crippen molar-refractivity contribution in [3.63, 3.8) is 0 Å². The molecule has 0 amide bonds. The van der Waals surface area contributed by atoms with Gasteiger partial charge >= 0.3 is 0 Å². The van der Waals surface area contributed by atoms with Gasteiger partial charge in [0.15, 0.2) is 0 Å². The van der Waals surface area contributed by atoms with Crippen molar-refractivity contribution < 1.29 is 4.74 Å². The molecule has 0 spiro atoms. The molecule has 0 aliphatic carbocycles. The highest BCUT2D eigenvalue weighted by Crippen LogP contribution is 2.25. The molecule has 0 bridgehead atoms. The summed E-state index contributed by atoms with van der Waals surface area (Å²) >= 11 is 1.70. The van der Waals surface area contributed by atoms with E-state index in [1.54, 1.807) is 18.4 Å². The highest BCUT2D eigenvalue weighted by molar-refractivity contribution is 7.11. The second-order valence-electron chi connectivity index (χ2n) is 2.98. The van der Waals surface area contributed by atoms with E-state index in [-0.39, 0.29) is 6.10 Å². The summed E-state index contributed by atoms with van der Waals surface area (Å²) < 4.78 is 5.20. The average molecular weight is 200 g/mol.